The van der Waals surface area contributed by atoms with E-state index in [9.17, 15) is 28.9 Å². The largest absolute Gasteiger partial charge is 0.480 e. The predicted octanol–water partition coefficient (Wildman–Crippen LogP) is 10.7. The second kappa shape index (κ2) is 40.3. The van der Waals surface area contributed by atoms with Gasteiger partial charge in [0.05, 0.1) is 19.3 Å². The van der Waals surface area contributed by atoms with E-state index in [1.807, 2.05) is 12.2 Å². The molecule has 0 fully saturated rings. The fourth-order valence-corrected chi connectivity index (χ4v) is 6.36. The van der Waals surface area contributed by atoms with E-state index in [4.69, 9.17) is 24.8 Å². The fourth-order valence-electron chi connectivity index (χ4n) is 5.59. The third kappa shape index (κ3) is 40.1. The van der Waals surface area contributed by atoms with Crippen LogP contribution in [-0.4, -0.2) is 71.1 Å². The van der Waals surface area contributed by atoms with Crippen molar-refractivity contribution in [3.05, 3.63) is 72.9 Å². The summed E-state index contributed by atoms with van der Waals surface area (Å²) in [4.78, 5) is 46.0. The quantitative estimate of drug-likeness (QED) is 0.0150. The number of allylic oxidation sites excluding steroid dienone is 10. The number of carboxylic acid groups (broad SMARTS) is 1. The molecule has 0 saturated heterocycles. The molecule has 4 atom stereocenters. The summed E-state index contributed by atoms with van der Waals surface area (Å²) in [5, 5.41) is 19.1. The number of aliphatic hydroxyl groups is 1. The minimum Gasteiger partial charge on any atom is -0.480 e. The zero-order chi connectivity index (χ0) is 43.7. The molecule has 12 nitrogen and oxygen atoms in total. The van der Waals surface area contributed by atoms with Gasteiger partial charge in [0.15, 0.2) is 6.10 Å². The SMILES string of the molecule is CC/C=C\C/C=C\C/C=C\C/C=C\C=C/C(O)C/C=C\CCC(=O)OC[C@H](COP(=O)(O)OC[C@H](N)C(=O)O)OC(=O)CCCCCCCCCCCCCCCCC. The standard InChI is InChI=1S/C46H78NO11P/c1-3-5-7-9-11-13-15-17-18-20-22-24-26-28-32-37-45(50)58-42(39-56-59(53,54)57-40-43(47)46(51)52)38-55-44(49)36-33-29-31-35-41(48)34-30-27-25-23-21-19-16-14-12-10-8-6-4-2/h6,8,12,14,19,21,25,27,29-31,34,41-43,48H,3-5,7,9-11,13,15-18,20,22-24,26,28,32-33,35-40,47H2,1-2H3,(H,51,52)(H,53,54)/b8-6-,14-12-,21-19-,27-25-,31-29-,34-30-/t41?,42-,43+/m1/s1. The normalized spacial score (nSPS) is 14.9. The van der Waals surface area contributed by atoms with Gasteiger partial charge in [-0.15, -0.1) is 0 Å². The second-order valence-electron chi connectivity index (χ2n) is 14.7. The van der Waals surface area contributed by atoms with Gasteiger partial charge >= 0.3 is 25.7 Å². The molecule has 338 valence electrons. The number of phosphoric acid groups is 1. The van der Waals surface area contributed by atoms with Crippen LogP contribution < -0.4 is 5.73 Å². The van der Waals surface area contributed by atoms with Crippen LogP contribution in [0, 0.1) is 0 Å². The molecule has 0 aliphatic rings. The van der Waals surface area contributed by atoms with Crippen molar-refractivity contribution in [2.75, 3.05) is 19.8 Å². The van der Waals surface area contributed by atoms with Crippen LogP contribution in [0.25, 0.3) is 0 Å². The Hall–Kier alpha value is -3.12. The molecule has 59 heavy (non-hydrogen) atoms. The van der Waals surface area contributed by atoms with Crippen molar-refractivity contribution in [3.8, 4) is 0 Å². The Balaban J connectivity index is 4.57. The minimum atomic E-state index is -4.76. The summed E-state index contributed by atoms with van der Waals surface area (Å²) in [5.41, 5.74) is 5.32. The molecule has 0 aliphatic heterocycles. The number of hydrogen-bond acceptors (Lipinski definition) is 10. The van der Waals surface area contributed by atoms with Crippen molar-refractivity contribution in [1.82, 2.24) is 0 Å². The van der Waals surface area contributed by atoms with Crippen molar-refractivity contribution in [2.24, 2.45) is 5.73 Å². The molecular weight excluding hydrogens is 773 g/mol. The topological polar surface area (TPSA) is 192 Å². The molecule has 0 radical (unpaired) electrons. The number of carboxylic acids is 1. The molecule has 0 aromatic carbocycles. The van der Waals surface area contributed by atoms with Crippen molar-refractivity contribution < 1.29 is 52.6 Å². The van der Waals surface area contributed by atoms with Crippen LogP contribution in [0.4, 0.5) is 0 Å². The molecule has 0 spiro atoms. The summed E-state index contributed by atoms with van der Waals surface area (Å²) in [7, 11) is -4.76. The Morgan fingerprint density at radius 2 is 1.15 bits per heavy atom. The molecule has 0 aromatic heterocycles. The lowest BCUT2D eigenvalue weighted by atomic mass is 10.0. The number of aliphatic hydroxyl groups excluding tert-OH is 1. The van der Waals surface area contributed by atoms with E-state index in [1.165, 1.54) is 70.6 Å². The average molecular weight is 852 g/mol. The highest BCUT2D eigenvalue weighted by atomic mass is 31.2. The number of esters is 2. The van der Waals surface area contributed by atoms with E-state index in [1.54, 1.807) is 24.3 Å². The molecule has 2 unspecified atom stereocenters. The van der Waals surface area contributed by atoms with Crippen LogP contribution in [0.5, 0.6) is 0 Å². The van der Waals surface area contributed by atoms with Gasteiger partial charge in [-0.2, -0.15) is 0 Å². The Kier molecular flexibility index (Phi) is 38.2. The second-order valence-corrected chi connectivity index (χ2v) is 16.1. The van der Waals surface area contributed by atoms with E-state index in [-0.39, 0.29) is 12.8 Å². The average Bonchev–Trinajstić information content (AvgIpc) is 3.21. The lowest BCUT2D eigenvalue weighted by molar-refractivity contribution is -0.161. The maximum Gasteiger partial charge on any atom is 0.472 e. The molecule has 0 rings (SSSR count). The molecule has 0 aliphatic carbocycles. The van der Waals surface area contributed by atoms with Crippen molar-refractivity contribution in [3.63, 3.8) is 0 Å². The first-order valence-corrected chi connectivity index (χ1v) is 23.6. The number of hydrogen-bond donors (Lipinski definition) is 4. The zero-order valence-electron chi connectivity index (χ0n) is 36.2. The van der Waals surface area contributed by atoms with Gasteiger partial charge in [0.25, 0.3) is 0 Å². The monoisotopic (exact) mass is 852 g/mol. The van der Waals surface area contributed by atoms with Gasteiger partial charge in [0.1, 0.15) is 12.6 Å². The Bertz CT molecular complexity index is 1290. The van der Waals surface area contributed by atoms with Crippen LogP contribution in [0.1, 0.15) is 162 Å². The van der Waals surface area contributed by atoms with E-state index >= 15 is 0 Å². The molecule has 5 N–H and O–H groups in total. The van der Waals surface area contributed by atoms with Gasteiger partial charge in [-0.1, -0.05) is 177 Å². The highest BCUT2D eigenvalue weighted by Gasteiger charge is 2.28. The highest BCUT2D eigenvalue weighted by molar-refractivity contribution is 7.47. The van der Waals surface area contributed by atoms with Gasteiger partial charge < -0.3 is 30.3 Å². The number of rotatable bonds is 40. The molecule has 0 bridgehead atoms. The smallest absolute Gasteiger partial charge is 0.472 e. The minimum absolute atomic E-state index is 0.0136. The van der Waals surface area contributed by atoms with Gasteiger partial charge in [-0.05, 0) is 44.9 Å². The molecule has 0 saturated carbocycles. The van der Waals surface area contributed by atoms with Crippen molar-refractivity contribution in [2.45, 2.75) is 180 Å². The zero-order valence-corrected chi connectivity index (χ0v) is 37.1. The predicted molar refractivity (Wildman–Crippen MR) is 237 cm³/mol. The summed E-state index contributed by atoms with van der Waals surface area (Å²) >= 11 is 0. The van der Waals surface area contributed by atoms with E-state index in [2.05, 4.69) is 54.8 Å². The summed E-state index contributed by atoms with van der Waals surface area (Å²) < 4.78 is 32.6. The van der Waals surface area contributed by atoms with Crippen LogP contribution in [0.15, 0.2) is 72.9 Å². The summed E-state index contributed by atoms with van der Waals surface area (Å²) in [5.74, 6) is -2.58. The number of nitrogens with two attached hydrogens (primary N) is 1. The molecule has 0 amide bonds. The molecular formula is C46H78NO11P. The summed E-state index contributed by atoms with van der Waals surface area (Å²) in [6, 6.07) is -1.55. The number of ether oxygens (including phenoxy) is 2. The third-order valence-electron chi connectivity index (χ3n) is 9.06. The Labute approximate surface area is 355 Å². The maximum absolute atomic E-state index is 12.6. The summed E-state index contributed by atoms with van der Waals surface area (Å²) in [6.07, 6.45) is 44.3. The van der Waals surface area contributed by atoms with Gasteiger partial charge in [0.2, 0.25) is 0 Å². The summed E-state index contributed by atoms with van der Waals surface area (Å²) in [6.45, 7) is 2.51. The lowest BCUT2D eigenvalue weighted by Gasteiger charge is -2.20. The third-order valence-corrected chi connectivity index (χ3v) is 10.0. The van der Waals surface area contributed by atoms with Crippen molar-refractivity contribution >= 4 is 25.7 Å². The first-order chi connectivity index (χ1) is 28.5. The van der Waals surface area contributed by atoms with E-state index < -0.39 is 63.8 Å². The van der Waals surface area contributed by atoms with E-state index in [0.29, 0.717) is 19.3 Å². The number of carbonyl (C=O) groups is 3. The van der Waals surface area contributed by atoms with Crippen molar-refractivity contribution in [1.29, 1.82) is 0 Å². The first-order valence-electron chi connectivity index (χ1n) is 22.1. The Morgan fingerprint density at radius 1 is 0.627 bits per heavy atom. The molecule has 0 aromatic rings. The van der Waals surface area contributed by atoms with Crippen LogP contribution in [0.2, 0.25) is 0 Å². The highest BCUT2D eigenvalue weighted by Crippen LogP contribution is 2.43. The van der Waals surface area contributed by atoms with Crippen LogP contribution in [-0.2, 0) is 37.5 Å². The van der Waals surface area contributed by atoms with E-state index in [0.717, 1.165) is 44.9 Å². The van der Waals surface area contributed by atoms with Gasteiger partial charge in [-0.3, -0.25) is 23.4 Å². The number of carbonyl (C=O) groups excluding carboxylic acids is 2. The first kappa shape index (κ1) is 55.9. The van der Waals surface area contributed by atoms with Crippen LogP contribution in [0.3, 0.4) is 0 Å². The fraction of sp³-hybridized carbons (Fsp3) is 0.674. The number of unbranched alkanes of at least 4 members (excludes halogenated alkanes) is 14. The van der Waals surface area contributed by atoms with Crippen LogP contribution >= 0.6 is 7.82 Å². The number of aliphatic carboxylic acids is 1. The van der Waals surface area contributed by atoms with Gasteiger partial charge in [-0.25, -0.2) is 4.57 Å². The van der Waals surface area contributed by atoms with Gasteiger partial charge in [0, 0.05) is 12.8 Å². The Morgan fingerprint density at radius 3 is 1.71 bits per heavy atom. The molecule has 0 heterocycles. The lowest BCUT2D eigenvalue weighted by Crippen LogP contribution is -2.34. The number of phosphoric ester groups is 1. The maximum atomic E-state index is 12.6. The molecule has 13 heteroatoms.